The minimum absolute atomic E-state index is 0.142. The Morgan fingerprint density at radius 3 is 2.73 bits per heavy atom. The third-order valence-corrected chi connectivity index (χ3v) is 7.41. The molecule has 5 nitrogen and oxygen atoms in total. The number of amides is 1. The molecule has 120 valence electrons. The van der Waals surface area contributed by atoms with Crippen LogP contribution in [-0.4, -0.2) is 29.2 Å². The number of hydrogen-bond acceptors (Lipinski definition) is 3. The SMILES string of the molecule is C=C[C@@H]1C[C@@]1(NC(=O)O)P(=O)(CCc1ccccc1)OCC. The molecule has 0 spiro atoms. The zero-order chi connectivity index (χ0) is 16.2. The number of benzene rings is 1. The third kappa shape index (κ3) is 3.26. The predicted molar refractivity (Wildman–Crippen MR) is 86.4 cm³/mol. The van der Waals surface area contributed by atoms with Crippen molar-refractivity contribution in [3.8, 4) is 0 Å². The van der Waals surface area contributed by atoms with E-state index in [-0.39, 0.29) is 5.92 Å². The van der Waals surface area contributed by atoms with Crippen LogP contribution in [0.2, 0.25) is 0 Å². The average Bonchev–Trinajstić information content (AvgIpc) is 3.21. The van der Waals surface area contributed by atoms with Crippen molar-refractivity contribution < 1.29 is 19.0 Å². The van der Waals surface area contributed by atoms with Crippen LogP contribution in [-0.2, 0) is 15.5 Å². The fourth-order valence-electron chi connectivity index (χ4n) is 2.87. The van der Waals surface area contributed by atoms with Gasteiger partial charge in [-0.15, -0.1) is 6.58 Å². The van der Waals surface area contributed by atoms with E-state index in [1.165, 1.54) is 0 Å². The second-order valence-corrected chi connectivity index (χ2v) is 8.30. The molecule has 1 aromatic rings. The maximum absolute atomic E-state index is 13.4. The van der Waals surface area contributed by atoms with Crippen molar-refractivity contribution in [1.29, 1.82) is 0 Å². The molecule has 0 radical (unpaired) electrons. The van der Waals surface area contributed by atoms with Gasteiger partial charge in [0.2, 0.25) is 7.37 Å². The van der Waals surface area contributed by atoms with E-state index < -0.39 is 18.7 Å². The summed E-state index contributed by atoms with van der Waals surface area (Å²) >= 11 is 0. The summed E-state index contributed by atoms with van der Waals surface area (Å²) < 4.78 is 19.0. The normalized spacial score (nSPS) is 26.0. The Bertz CT molecular complexity index is 589. The lowest BCUT2D eigenvalue weighted by Crippen LogP contribution is -2.38. The third-order valence-electron chi connectivity index (χ3n) is 4.08. The number of carboxylic acid groups (broad SMARTS) is 1. The summed E-state index contributed by atoms with van der Waals surface area (Å²) in [6.07, 6.45) is 1.86. The number of carbonyl (C=O) groups is 1. The molecule has 6 heteroatoms. The Balaban J connectivity index is 2.21. The first kappa shape index (κ1) is 16.8. The van der Waals surface area contributed by atoms with Gasteiger partial charge < -0.3 is 14.9 Å². The van der Waals surface area contributed by atoms with E-state index in [1.54, 1.807) is 13.0 Å². The van der Waals surface area contributed by atoms with Crippen LogP contribution in [0.3, 0.4) is 0 Å². The Morgan fingerprint density at radius 2 is 2.23 bits per heavy atom. The quantitative estimate of drug-likeness (QED) is 0.565. The molecule has 1 fully saturated rings. The minimum Gasteiger partial charge on any atom is -0.465 e. The summed E-state index contributed by atoms with van der Waals surface area (Å²) in [5.74, 6) is -0.142. The minimum atomic E-state index is -3.17. The highest BCUT2D eigenvalue weighted by Crippen LogP contribution is 2.72. The maximum Gasteiger partial charge on any atom is 0.405 e. The van der Waals surface area contributed by atoms with Crippen molar-refractivity contribution in [1.82, 2.24) is 5.32 Å². The highest BCUT2D eigenvalue weighted by Gasteiger charge is 2.66. The largest absolute Gasteiger partial charge is 0.465 e. The molecule has 1 amide bonds. The van der Waals surface area contributed by atoms with E-state index in [0.717, 1.165) is 5.56 Å². The molecular weight excluding hydrogens is 301 g/mol. The molecule has 1 aromatic carbocycles. The van der Waals surface area contributed by atoms with E-state index >= 15 is 0 Å². The lowest BCUT2D eigenvalue weighted by Gasteiger charge is -2.28. The summed E-state index contributed by atoms with van der Waals surface area (Å²) in [5.41, 5.74) is 1.06. The molecule has 1 saturated carbocycles. The lowest BCUT2D eigenvalue weighted by molar-refractivity contribution is 0.190. The molecule has 1 unspecified atom stereocenters. The average molecular weight is 323 g/mol. The van der Waals surface area contributed by atoms with Gasteiger partial charge in [-0.25, -0.2) is 4.79 Å². The van der Waals surface area contributed by atoms with E-state index in [9.17, 15) is 9.36 Å². The molecule has 0 heterocycles. The monoisotopic (exact) mass is 323 g/mol. The van der Waals surface area contributed by atoms with Crippen LogP contribution >= 0.6 is 7.37 Å². The van der Waals surface area contributed by atoms with Crippen LogP contribution in [0.4, 0.5) is 4.79 Å². The van der Waals surface area contributed by atoms with Crippen molar-refractivity contribution >= 4 is 13.5 Å². The van der Waals surface area contributed by atoms with Crippen molar-refractivity contribution in [3.63, 3.8) is 0 Å². The number of hydrogen-bond donors (Lipinski definition) is 2. The van der Waals surface area contributed by atoms with Crippen molar-refractivity contribution in [2.24, 2.45) is 5.92 Å². The zero-order valence-electron chi connectivity index (χ0n) is 12.7. The molecule has 22 heavy (non-hydrogen) atoms. The van der Waals surface area contributed by atoms with Gasteiger partial charge in [0.1, 0.15) is 5.28 Å². The second kappa shape index (κ2) is 6.67. The summed E-state index contributed by atoms with van der Waals surface area (Å²) in [5, 5.41) is 10.5. The van der Waals surface area contributed by atoms with Gasteiger partial charge in [-0.1, -0.05) is 36.4 Å². The Morgan fingerprint density at radius 1 is 1.55 bits per heavy atom. The molecule has 2 rings (SSSR count). The number of aryl methyl sites for hydroxylation is 1. The van der Waals surface area contributed by atoms with Gasteiger partial charge in [0.15, 0.2) is 0 Å². The Hall–Kier alpha value is -1.58. The molecule has 0 saturated heterocycles. The van der Waals surface area contributed by atoms with Crippen LogP contribution in [0.5, 0.6) is 0 Å². The summed E-state index contributed by atoms with van der Waals surface area (Å²) in [6.45, 7) is 5.77. The van der Waals surface area contributed by atoms with Crippen LogP contribution < -0.4 is 5.32 Å². The van der Waals surface area contributed by atoms with Gasteiger partial charge >= 0.3 is 6.09 Å². The molecule has 2 N–H and O–H groups in total. The molecule has 1 aliphatic carbocycles. The standard InChI is InChI=1S/C16H22NO4P/c1-3-14-12-16(14,17-15(18)19)22(20,21-4-2)11-10-13-8-6-5-7-9-13/h3,5-9,14,17H,1,4,10-12H2,2H3,(H,18,19)/t14-,16-,22?/m1/s1. The molecule has 0 aromatic heterocycles. The van der Waals surface area contributed by atoms with Crippen molar-refractivity contribution in [2.75, 3.05) is 12.8 Å². The lowest BCUT2D eigenvalue weighted by atomic mass is 10.2. The van der Waals surface area contributed by atoms with Crippen LogP contribution in [0, 0.1) is 5.92 Å². The van der Waals surface area contributed by atoms with Gasteiger partial charge in [-0.2, -0.15) is 0 Å². The predicted octanol–water partition coefficient (Wildman–Crippen LogP) is 3.71. The molecular formula is C16H22NO4P. The Labute approximate surface area is 130 Å². The first-order chi connectivity index (χ1) is 10.5. The van der Waals surface area contributed by atoms with Gasteiger partial charge in [-0.3, -0.25) is 4.57 Å². The van der Waals surface area contributed by atoms with Crippen LogP contribution in [0.15, 0.2) is 43.0 Å². The summed E-state index contributed by atoms with van der Waals surface area (Å²) in [7, 11) is -3.17. The fourth-order valence-corrected chi connectivity index (χ4v) is 5.95. The highest BCUT2D eigenvalue weighted by molar-refractivity contribution is 7.61. The van der Waals surface area contributed by atoms with E-state index in [0.29, 0.717) is 25.6 Å². The number of nitrogens with one attached hydrogen (secondary N) is 1. The van der Waals surface area contributed by atoms with Crippen molar-refractivity contribution in [2.45, 2.75) is 25.0 Å². The first-order valence-electron chi connectivity index (χ1n) is 7.38. The molecule has 0 bridgehead atoms. The molecule has 3 atom stereocenters. The zero-order valence-corrected chi connectivity index (χ0v) is 13.6. The van der Waals surface area contributed by atoms with E-state index in [1.807, 2.05) is 30.3 Å². The van der Waals surface area contributed by atoms with Crippen LogP contribution in [0.1, 0.15) is 18.9 Å². The van der Waals surface area contributed by atoms with E-state index in [2.05, 4.69) is 11.9 Å². The van der Waals surface area contributed by atoms with Gasteiger partial charge in [0, 0.05) is 12.1 Å². The van der Waals surface area contributed by atoms with Crippen LogP contribution in [0.25, 0.3) is 0 Å². The maximum atomic E-state index is 13.4. The molecule has 0 aliphatic heterocycles. The van der Waals surface area contributed by atoms with E-state index in [4.69, 9.17) is 9.63 Å². The fraction of sp³-hybridized carbons (Fsp3) is 0.438. The number of rotatable bonds is 8. The van der Waals surface area contributed by atoms with Gasteiger partial charge in [-0.05, 0) is 25.3 Å². The van der Waals surface area contributed by atoms with Crippen molar-refractivity contribution in [3.05, 3.63) is 48.6 Å². The van der Waals surface area contributed by atoms with Gasteiger partial charge in [0.05, 0.1) is 6.61 Å². The highest BCUT2D eigenvalue weighted by atomic mass is 31.2. The van der Waals surface area contributed by atoms with Gasteiger partial charge in [0.25, 0.3) is 0 Å². The second-order valence-electron chi connectivity index (χ2n) is 5.45. The summed E-state index contributed by atoms with van der Waals surface area (Å²) in [6, 6.07) is 9.70. The smallest absolute Gasteiger partial charge is 0.405 e. The topological polar surface area (TPSA) is 75.6 Å². The first-order valence-corrected chi connectivity index (χ1v) is 9.19. The summed E-state index contributed by atoms with van der Waals surface area (Å²) in [4.78, 5) is 11.1. The Kier molecular flexibility index (Phi) is 5.09. The molecule has 1 aliphatic rings.